The molecule has 2 amide bonds. The van der Waals surface area contributed by atoms with Crippen molar-refractivity contribution >= 4 is 39.8 Å². The summed E-state index contributed by atoms with van der Waals surface area (Å²) in [6, 6.07) is 11.1. The number of rotatable bonds is 5. The van der Waals surface area contributed by atoms with Crippen molar-refractivity contribution in [1.29, 1.82) is 5.26 Å². The predicted molar refractivity (Wildman–Crippen MR) is 105 cm³/mol. The molecule has 0 spiro atoms. The van der Waals surface area contributed by atoms with E-state index in [1.54, 1.807) is 16.3 Å². The summed E-state index contributed by atoms with van der Waals surface area (Å²) >= 11 is 1.22. The van der Waals surface area contributed by atoms with Crippen molar-refractivity contribution < 1.29 is 19.1 Å². The van der Waals surface area contributed by atoms with E-state index in [4.69, 9.17) is 10.00 Å². The van der Waals surface area contributed by atoms with E-state index in [-0.39, 0.29) is 18.9 Å². The van der Waals surface area contributed by atoms with Gasteiger partial charge in [0, 0.05) is 18.7 Å². The lowest BCUT2D eigenvalue weighted by Crippen LogP contribution is -2.33. The molecule has 1 aliphatic heterocycles. The molecule has 1 aromatic carbocycles. The van der Waals surface area contributed by atoms with E-state index >= 15 is 0 Å². The second-order valence-corrected chi connectivity index (χ2v) is 7.50. The molecule has 28 heavy (non-hydrogen) atoms. The smallest absolute Gasteiger partial charge is 0.312 e. The lowest BCUT2D eigenvalue weighted by Gasteiger charge is -2.18. The summed E-state index contributed by atoms with van der Waals surface area (Å²) in [5.74, 6) is -1.88. The molecule has 0 bridgehead atoms. The van der Waals surface area contributed by atoms with Gasteiger partial charge in [0.2, 0.25) is 5.91 Å². The van der Waals surface area contributed by atoms with Crippen LogP contribution >= 0.6 is 11.3 Å². The van der Waals surface area contributed by atoms with Gasteiger partial charge < -0.3 is 15.0 Å². The van der Waals surface area contributed by atoms with Crippen LogP contribution < -0.4 is 10.2 Å². The highest BCUT2D eigenvalue weighted by atomic mass is 32.1. The van der Waals surface area contributed by atoms with E-state index in [2.05, 4.69) is 5.32 Å². The van der Waals surface area contributed by atoms with Crippen molar-refractivity contribution in [2.75, 3.05) is 16.8 Å². The largest absolute Gasteiger partial charge is 0.452 e. The number of aryl methyl sites for hydroxylation is 1. The minimum Gasteiger partial charge on any atom is -0.452 e. The summed E-state index contributed by atoms with van der Waals surface area (Å²) in [5.41, 5.74) is 2.17. The fraction of sp³-hybridized carbons (Fsp3) is 0.300. The highest BCUT2D eigenvalue weighted by Crippen LogP contribution is 2.27. The fourth-order valence-electron chi connectivity index (χ4n) is 2.87. The Kier molecular flexibility index (Phi) is 5.76. The van der Waals surface area contributed by atoms with Gasteiger partial charge in [0.25, 0.3) is 5.91 Å². The quantitative estimate of drug-likeness (QED) is 0.782. The predicted octanol–water partition coefficient (Wildman–Crippen LogP) is 2.85. The van der Waals surface area contributed by atoms with E-state index in [0.717, 1.165) is 11.3 Å². The number of carbonyl (C=O) groups excluding carboxylic acids is 3. The molecule has 0 radical (unpaired) electrons. The molecule has 1 N–H and O–H groups in total. The summed E-state index contributed by atoms with van der Waals surface area (Å²) in [5, 5.41) is 13.7. The maximum absolute atomic E-state index is 12.4. The molecular formula is C20H19N3O4S. The third-order valence-electron chi connectivity index (χ3n) is 4.49. The van der Waals surface area contributed by atoms with Crippen molar-refractivity contribution in [3.05, 3.63) is 46.8 Å². The first-order chi connectivity index (χ1) is 13.4. The molecule has 0 aliphatic carbocycles. The molecule has 1 fully saturated rings. The zero-order chi connectivity index (χ0) is 20.3. The van der Waals surface area contributed by atoms with Crippen molar-refractivity contribution in [3.8, 4) is 6.07 Å². The molecule has 7 nitrogen and oxygen atoms in total. The Morgan fingerprint density at radius 3 is 2.71 bits per heavy atom. The average molecular weight is 397 g/mol. The van der Waals surface area contributed by atoms with Crippen molar-refractivity contribution in [1.82, 2.24) is 0 Å². The third-order valence-corrected chi connectivity index (χ3v) is 5.32. The Balaban J connectivity index is 1.58. The monoisotopic (exact) mass is 397 g/mol. The van der Waals surface area contributed by atoms with Crippen molar-refractivity contribution in [2.45, 2.75) is 26.4 Å². The van der Waals surface area contributed by atoms with E-state index < -0.39 is 23.9 Å². The topological polar surface area (TPSA) is 99.5 Å². The van der Waals surface area contributed by atoms with Crippen LogP contribution in [0.2, 0.25) is 0 Å². The van der Waals surface area contributed by atoms with Crippen LogP contribution in [0, 0.1) is 24.2 Å². The molecule has 2 atom stereocenters. The molecule has 8 heteroatoms. The fourth-order valence-corrected chi connectivity index (χ4v) is 3.61. The number of anilines is 2. The van der Waals surface area contributed by atoms with E-state index in [1.165, 1.54) is 18.3 Å². The number of hydrogen-bond acceptors (Lipinski definition) is 6. The Morgan fingerprint density at radius 1 is 1.32 bits per heavy atom. The number of ether oxygens (including phenoxy) is 1. The number of nitrogens with one attached hydrogen (secondary N) is 1. The molecule has 3 rings (SSSR count). The van der Waals surface area contributed by atoms with Gasteiger partial charge in [0.1, 0.15) is 11.1 Å². The molecular weight excluding hydrogens is 378 g/mol. The number of carbonyl (C=O) groups is 3. The average Bonchev–Trinajstić information content (AvgIpc) is 3.28. The molecule has 0 unspecified atom stereocenters. The van der Waals surface area contributed by atoms with Crippen LogP contribution in [0.5, 0.6) is 0 Å². The van der Waals surface area contributed by atoms with Crippen LogP contribution in [-0.2, 0) is 19.1 Å². The van der Waals surface area contributed by atoms with Gasteiger partial charge in [-0.05, 0) is 37.4 Å². The Labute approximate surface area is 166 Å². The van der Waals surface area contributed by atoms with Gasteiger partial charge in [-0.1, -0.05) is 17.7 Å². The van der Waals surface area contributed by atoms with Crippen molar-refractivity contribution in [3.63, 3.8) is 0 Å². The number of amides is 2. The lowest BCUT2D eigenvalue weighted by molar-refractivity contribution is -0.157. The zero-order valence-electron chi connectivity index (χ0n) is 15.5. The lowest BCUT2D eigenvalue weighted by atomic mass is 10.1. The molecule has 1 saturated heterocycles. The number of hydrogen-bond donors (Lipinski definition) is 1. The Morgan fingerprint density at radius 2 is 2.04 bits per heavy atom. The van der Waals surface area contributed by atoms with Crippen LogP contribution in [0.1, 0.15) is 24.5 Å². The van der Waals surface area contributed by atoms with Gasteiger partial charge >= 0.3 is 5.97 Å². The van der Waals surface area contributed by atoms with Gasteiger partial charge in [-0.2, -0.15) is 5.26 Å². The number of nitrogens with zero attached hydrogens (tertiary/aromatic N) is 2. The van der Waals surface area contributed by atoms with Crippen LogP contribution in [0.25, 0.3) is 0 Å². The first-order valence-corrected chi connectivity index (χ1v) is 9.63. The standard InChI is InChI=1S/C20H19N3O4S/c1-12-3-5-16(6-4-12)23-11-15(9-17(23)24)20(26)27-13(2)18(25)22-19-14(10-21)7-8-28-19/h3-8,13,15H,9,11H2,1-2H3,(H,22,25)/t13-,15-/m1/s1. The van der Waals surface area contributed by atoms with Gasteiger partial charge in [0.05, 0.1) is 11.5 Å². The zero-order valence-corrected chi connectivity index (χ0v) is 16.3. The maximum Gasteiger partial charge on any atom is 0.312 e. The molecule has 0 saturated carbocycles. The van der Waals surface area contributed by atoms with Crippen LogP contribution in [0.3, 0.4) is 0 Å². The first-order valence-electron chi connectivity index (χ1n) is 8.75. The highest BCUT2D eigenvalue weighted by Gasteiger charge is 2.37. The first kappa shape index (κ1) is 19.6. The summed E-state index contributed by atoms with van der Waals surface area (Å²) in [4.78, 5) is 38.5. The summed E-state index contributed by atoms with van der Waals surface area (Å²) in [6.07, 6.45) is -0.991. The van der Waals surface area contributed by atoms with Gasteiger partial charge in [-0.15, -0.1) is 11.3 Å². The molecule has 2 heterocycles. The van der Waals surface area contributed by atoms with Crippen LogP contribution in [0.4, 0.5) is 10.7 Å². The normalized spacial score (nSPS) is 17.1. The minimum atomic E-state index is -1.04. The summed E-state index contributed by atoms with van der Waals surface area (Å²) in [7, 11) is 0. The second kappa shape index (κ2) is 8.23. The molecule has 144 valence electrons. The number of thiophene rings is 1. The van der Waals surface area contributed by atoms with E-state index in [9.17, 15) is 14.4 Å². The summed E-state index contributed by atoms with van der Waals surface area (Å²) in [6.45, 7) is 3.64. The van der Waals surface area contributed by atoms with Gasteiger partial charge in [-0.25, -0.2) is 0 Å². The van der Waals surface area contributed by atoms with Crippen LogP contribution in [-0.4, -0.2) is 30.4 Å². The second-order valence-electron chi connectivity index (χ2n) is 6.58. The van der Waals surface area contributed by atoms with Gasteiger partial charge in [-0.3, -0.25) is 14.4 Å². The Bertz CT molecular complexity index is 945. The maximum atomic E-state index is 12.4. The number of esters is 1. The molecule has 1 aliphatic rings. The third kappa shape index (κ3) is 4.21. The summed E-state index contributed by atoms with van der Waals surface area (Å²) < 4.78 is 5.26. The number of nitriles is 1. The minimum absolute atomic E-state index is 0.0462. The SMILES string of the molecule is Cc1ccc(N2C[C@H](C(=O)O[C@H](C)C(=O)Nc3sccc3C#N)CC2=O)cc1. The van der Waals surface area contributed by atoms with E-state index in [0.29, 0.717) is 10.6 Å². The molecule has 1 aromatic heterocycles. The van der Waals surface area contributed by atoms with Gasteiger partial charge in [0.15, 0.2) is 6.10 Å². The van der Waals surface area contributed by atoms with Crippen molar-refractivity contribution in [2.24, 2.45) is 5.92 Å². The van der Waals surface area contributed by atoms with E-state index in [1.807, 2.05) is 37.3 Å². The highest BCUT2D eigenvalue weighted by molar-refractivity contribution is 7.14. The van der Waals surface area contributed by atoms with Crippen LogP contribution in [0.15, 0.2) is 35.7 Å². The number of benzene rings is 1. The molecule has 2 aromatic rings. The Hall–Kier alpha value is -3.18.